The van der Waals surface area contributed by atoms with Gasteiger partial charge < -0.3 is 10.1 Å². The fraction of sp³-hybridized carbons (Fsp3) is 0.0556. The van der Waals surface area contributed by atoms with Crippen molar-refractivity contribution in [2.75, 3.05) is 11.8 Å². The van der Waals surface area contributed by atoms with Gasteiger partial charge in [-0.3, -0.25) is 9.52 Å². The number of nitrogens with one attached hydrogen (secondary N) is 2. The second-order valence-electron chi connectivity index (χ2n) is 5.47. The van der Waals surface area contributed by atoms with Gasteiger partial charge in [0.05, 0.1) is 9.92 Å². The number of rotatable bonds is 6. The molecule has 0 saturated heterocycles. The maximum Gasteiger partial charge on any atom is 0.263 e. The van der Waals surface area contributed by atoms with E-state index in [1.54, 1.807) is 24.3 Å². The molecule has 0 radical (unpaired) electrons. The topological polar surface area (TPSA) is 110 Å². The van der Waals surface area contributed by atoms with Crippen molar-refractivity contribution in [2.24, 2.45) is 0 Å². The molecule has 0 aliphatic rings. The monoisotopic (exact) mass is 418 g/mol. The minimum atomic E-state index is -3.98. The molecular formula is C18H15ClN4O4S. The van der Waals surface area contributed by atoms with E-state index in [0.29, 0.717) is 16.5 Å². The van der Waals surface area contributed by atoms with Crippen LogP contribution in [0.25, 0.3) is 0 Å². The van der Waals surface area contributed by atoms with E-state index in [2.05, 4.69) is 20.0 Å². The molecule has 8 nitrogen and oxygen atoms in total. The fourth-order valence-electron chi connectivity index (χ4n) is 2.24. The largest absolute Gasteiger partial charge is 0.456 e. The van der Waals surface area contributed by atoms with Crippen LogP contribution in [0.5, 0.6) is 11.5 Å². The molecule has 2 aromatic carbocycles. The summed E-state index contributed by atoms with van der Waals surface area (Å²) in [5.74, 6) is 0.238. The molecule has 1 heterocycles. The number of aromatic nitrogens is 2. The number of sulfonamides is 1. The van der Waals surface area contributed by atoms with Crippen molar-refractivity contribution in [3.8, 4) is 11.5 Å². The van der Waals surface area contributed by atoms with Crippen LogP contribution in [-0.2, 0) is 10.0 Å². The highest BCUT2D eigenvalue weighted by Gasteiger charge is 2.20. The molecule has 0 aliphatic heterocycles. The van der Waals surface area contributed by atoms with Crippen LogP contribution in [0.4, 0.5) is 5.82 Å². The minimum absolute atomic E-state index is 0.00671. The molecule has 1 amide bonds. The molecule has 10 heteroatoms. The first-order valence-electron chi connectivity index (χ1n) is 7.98. The highest BCUT2D eigenvalue weighted by Crippen LogP contribution is 2.29. The van der Waals surface area contributed by atoms with Gasteiger partial charge in [0.1, 0.15) is 23.4 Å². The van der Waals surface area contributed by atoms with Gasteiger partial charge >= 0.3 is 0 Å². The number of carbonyl (C=O) groups excluding carboxylic acids is 1. The molecule has 0 aliphatic carbocycles. The summed E-state index contributed by atoms with van der Waals surface area (Å²) in [6, 6.07) is 12.7. The SMILES string of the molecule is CNC(=O)c1cncnc1NS(=O)(=O)c1ccc(Oc2ccccc2Cl)cc1. The van der Waals surface area contributed by atoms with Gasteiger partial charge in [-0.2, -0.15) is 0 Å². The Labute approximate surface area is 166 Å². The van der Waals surface area contributed by atoms with Crippen LogP contribution in [0.3, 0.4) is 0 Å². The van der Waals surface area contributed by atoms with E-state index in [9.17, 15) is 13.2 Å². The van der Waals surface area contributed by atoms with Gasteiger partial charge in [-0.05, 0) is 36.4 Å². The van der Waals surface area contributed by atoms with Gasteiger partial charge in [-0.25, -0.2) is 18.4 Å². The van der Waals surface area contributed by atoms with Crippen molar-refractivity contribution in [2.45, 2.75) is 4.90 Å². The maximum atomic E-state index is 12.6. The van der Waals surface area contributed by atoms with Crippen LogP contribution >= 0.6 is 11.6 Å². The second kappa shape index (κ2) is 8.24. The number of para-hydroxylation sites is 1. The molecular weight excluding hydrogens is 404 g/mol. The van der Waals surface area contributed by atoms with E-state index in [1.807, 2.05) is 0 Å². The average molecular weight is 419 g/mol. The summed E-state index contributed by atoms with van der Waals surface area (Å²) in [6.45, 7) is 0. The number of nitrogens with zero attached hydrogens (tertiary/aromatic N) is 2. The molecule has 0 fully saturated rings. The number of amides is 1. The lowest BCUT2D eigenvalue weighted by atomic mass is 10.3. The lowest BCUT2D eigenvalue weighted by molar-refractivity contribution is 0.0963. The van der Waals surface area contributed by atoms with E-state index in [1.165, 1.54) is 37.5 Å². The first-order chi connectivity index (χ1) is 13.4. The molecule has 3 rings (SSSR count). The van der Waals surface area contributed by atoms with Crippen LogP contribution < -0.4 is 14.8 Å². The summed E-state index contributed by atoms with van der Waals surface area (Å²) < 4.78 is 33.2. The number of carbonyl (C=O) groups is 1. The van der Waals surface area contributed by atoms with E-state index < -0.39 is 15.9 Å². The van der Waals surface area contributed by atoms with Crippen LogP contribution in [-0.4, -0.2) is 31.3 Å². The Morgan fingerprint density at radius 3 is 2.50 bits per heavy atom. The van der Waals surface area contributed by atoms with E-state index in [0.717, 1.165) is 6.33 Å². The number of hydrogen-bond donors (Lipinski definition) is 2. The highest BCUT2D eigenvalue weighted by molar-refractivity contribution is 7.92. The standard InChI is InChI=1S/C18H15ClN4O4S/c1-20-18(24)14-10-21-11-22-17(14)23-28(25,26)13-8-6-12(7-9-13)27-16-5-3-2-4-15(16)19/h2-11H,1H3,(H,20,24)(H,21,22,23). The smallest absolute Gasteiger partial charge is 0.263 e. The lowest BCUT2D eigenvalue weighted by Crippen LogP contribution is -2.22. The fourth-order valence-corrected chi connectivity index (χ4v) is 3.44. The van der Waals surface area contributed by atoms with Gasteiger partial charge in [0.2, 0.25) is 0 Å². The first-order valence-corrected chi connectivity index (χ1v) is 9.84. The van der Waals surface area contributed by atoms with Crippen molar-refractivity contribution < 1.29 is 17.9 Å². The number of ether oxygens (including phenoxy) is 1. The summed E-state index contributed by atoms with van der Waals surface area (Å²) in [7, 11) is -2.56. The van der Waals surface area contributed by atoms with Crippen molar-refractivity contribution in [1.82, 2.24) is 15.3 Å². The van der Waals surface area contributed by atoms with Gasteiger partial charge in [0.15, 0.2) is 5.82 Å². The predicted octanol–water partition coefficient (Wildman–Crippen LogP) is 3.08. The molecule has 0 unspecified atom stereocenters. The summed E-state index contributed by atoms with van der Waals surface area (Å²) in [4.78, 5) is 19.4. The number of benzene rings is 2. The Kier molecular flexibility index (Phi) is 5.76. The number of hydrogen-bond acceptors (Lipinski definition) is 6. The molecule has 3 aromatic rings. The third-order valence-corrected chi connectivity index (χ3v) is 5.28. The lowest BCUT2D eigenvalue weighted by Gasteiger charge is -2.11. The van der Waals surface area contributed by atoms with Crippen LogP contribution in [0, 0.1) is 0 Å². The zero-order chi connectivity index (χ0) is 20.1. The van der Waals surface area contributed by atoms with Gasteiger partial charge in [-0.1, -0.05) is 23.7 Å². The molecule has 0 spiro atoms. The van der Waals surface area contributed by atoms with E-state index >= 15 is 0 Å². The minimum Gasteiger partial charge on any atom is -0.456 e. The van der Waals surface area contributed by atoms with Gasteiger partial charge in [-0.15, -0.1) is 0 Å². The van der Waals surface area contributed by atoms with E-state index in [-0.39, 0.29) is 16.3 Å². The normalized spacial score (nSPS) is 10.9. The predicted molar refractivity (Wildman–Crippen MR) is 104 cm³/mol. The third kappa shape index (κ3) is 4.38. The summed E-state index contributed by atoms with van der Waals surface area (Å²) in [5, 5.41) is 2.84. The average Bonchev–Trinajstić information content (AvgIpc) is 2.70. The zero-order valence-electron chi connectivity index (χ0n) is 14.6. The Morgan fingerprint density at radius 1 is 1.11 bits per heavy atom. The second-order valence-corrected chi connectivity index (χ2v) is 7.56. The summed E-state index contributed by atoms with van der Waals surface area (Å²) in [5.41, 5.74) is 0.00671. The Morgan fingerprint density at radius 2 is 1.82 bits per heavy atom. The molecule has 28 heavy (non-hydrogen) atoms. The molecule has 0 atom stereocenters. The Hall–Kier alpha value is -3.17. The van der Waals surface area contributed by atoms with Crippen molar-refractivity contribution in [3.05, 3.63) is 71.6 Å². The first kappa shape index (κ1) is 19.6. The van der Waals surface area contributed by atoms with Crippen molar-refractivity contribution >= 4 is 33.3 Å². The third-order valence-electron chi connectivity index (χ3n) is 3.61. The Balaban J connectivity index is 1.82. The highest BCUT2D eigenvalue weighted by atomic mass is 35.5. The maximum absolute atomic E-state index is 12.6. The van der Waals surface area contributed by atoms with Crippen LogP contribution in [0.2, 0.25) is 5.02 Å². The van der Waals surface area contributed by atoms with Crippen LogP contribution in [0.15, 0.2) is 66.0 Å². The molecule has 144 valence electrons. The summed E-state index contributed by atoms with van der Waals surface area (Å²) >= 11 is 6.04. The quantitative estimate of drug-likeness (QED) is 0.636. The molecule has 0 bridgehead atoms. The number of anilines is 1. The summed E-state index contributed by atoms with van der Waals surface area (Å²) in [6.07, 6.45) is 2.37. The van der Waals surface area contributed by atoms with Crippen molar-refractivity contribution in [3.63, 3.8) is 0 Å². The van der Waals surface area contributed by atoms with Gasteiger partial charge in [0.25, 0.3) is 15.9 Å². The Bertz CT molecular complexity index is 1100. The molecule has 1 aromatic heterocycles. The molecule has 2 N–H and O–H groups in total. The zero-order valence-corrected chi connectivity index (χ0v) is 16.2. The van der Waals surface area contributed by atoms with Crippen molar-refractivity contribution in [1.29, 1.82) is 0 Å². The van der Waals surface area contributed by atoms with E-state index in [4.69, 9.17) is 16.3 Å². The molecule has 0 saturated carbocycles. The van der Waals surface area contributed by atoms with Gasteiger partial charge in [0, 0.05) is 13.2 Å². The number of halogens is 1. The van der Waals surface area contributed by atoms with Crippen LogP contribution in [0.1, 0.15) is 10.4 Å².